The zero-order valence-electron chi connectivity index (χ0n) is 27.0. The van der Waals surface area contributed by atoms with E-state index in [0.717, 1.165) is 9.87 Å². The molecule has 1 aromatic heterocycles. The Balaban J connectivity index is 1.64. The Kier molecular flexibility index (Phi) is 9.76. The van der Waals surface area contributed by atoms with Gasteiger partial charge in [0.15, 0.2) is 5.54 Å². The summed E-state index contributed by atoms with van der Waals surface area (Å²) in [7, 11) is 2.13. The zero-order valence-corrected chi connectivity index (χ0v) is 29.3. The molecule has 0 radical (unpaired) electrons. The molecule has 48 heavy (non-hydrogen) atoms. The monoisotopic (exact) mass is 714 g/mol. The predicted molar refractivity (Wildman–Crippen MR) is 181 cm³/mol. The average molecular weight is 716 g/mol. The van der Waals surface area contributed by atoms with Gasteiger partial charge < -0.3 is 18.6 Å². The number of carbonyl (C=O) groups excluding carboxylic acids is 1. The molecule has 2 aliphatic rings. The van der Waals surface area contributed by atoms with Crippen molar-refractivity contribution in [3.8, 4) is 11.5 Å². The molecule has 1 saturated heterocycles. The summed E-state index contributed by atoms with van der Waals surface area (Å²) < 4.78 is 52.3. The third-order valence-corrected chi connectivity index (χ3v) is 11.4. The van der Waals surface area contributed by atoms with Crippen molar-refractivity contribution in [3.63, 3.8) is 0 Å². The Morgan fingerprint density at radius 1 is 1.02 bits per heavy atom. The van der Waals surface area contributed by atoms with E-state index in [2.05, 4.69) is 9.88 Å². The molecule has 6 rings (SSSR count). The van der Waals surface area contributed by atoms with Crippen molar-refractivity contribution in [3.05, 3.63) is 99.7 Å². The van der Waals surface area contributed by atoms with Crippen LogP contribution in [-0.4, -0.2) is 77.2 Å². The second-order valence-corrected chi connectivity index (χ2v) is 14.3. The van der Waals surface area contributed by atoms with E-state index in [1.165, 1.54) is 50.8 Å². The van der Waals surface area contributed by atoms with Gasteiger partial charge in [-0.25, -0.2) is 17.7 Å². The van der Waals surface area contributed by atoms with Gasteiger partial charge in [0.2, 0.25) is 5.89 Å². The Bertz CT molecular complexity index is 1910. The van der Waals surface area contributed by atoms with Gasteiger partial charge in [-0.3, -0.25) is 14.6 Å². The SMILES string of the molecule is COCCN(C)Cc1ccc(OC)c(C2(N3CCC[C@H]3c3ncco3)C(=O)N(S(=O)(=O)c3ccc(OC)cc3)c3cc(Cl)c(Cl)cc32)c1. The van der Waals surface area contributed by atoms with Crippen molar-refractivity contribution in [2.75, 3.05) is 52.4 Å². The fourth-order valence-electron chi connectivity index (χ4n) is 6.75. The molecule has 1 fully saturated rings. The lowest BCUT2D eigenvalue weighted by Gasteiger charge is -2.41. The summed E-state index contributed by atoms with van der Waals surface area (Å²) in [4.78, 5) is 24.0. The maximum atomic E-state index is 15.6. The number of aromatic nitrogens is 1. The van der Waals surface area contributed by atoms with Gasteiger partial charge in [-0.1, -0.05) is 29.3 Å². The lowest BCUT2D eigenvalue weighted by Crippen LogP contribution is -2.54. The maximum absolute atomic E-state index is 15.6. The van der Waals surface area contributed by atoms with Gasteiger partial charge in [0, 0.05) is 37.9 Å². The molecule has 2 atom stereocenters. The van der Waals surface area contributed by atoms with E-state index in [-0.39, 0.29) is 20.6 Å². The summed E-state index contributed by atoms with van der Waals surface area (Å²) in [6.07, 6.45) is 4.33. The number of ether oxygens (including phenoxy) is 3. The molecule has 0 N–H and O–H groups in total. The standard InChI is InChI=1S/C34H36Cl2N4O7S/c1-38(15-17-44-2)21-22-7-12-31(46-4)26(18-22)34(39-14-5-6-29(39)32-37-13-16-47-32)25-19-27(35)28(36)20-30(25)40(33(34)41)48(42,43)24-10-8-23(45-3)9-11-24/h7-13,16,18-20,29H,5-6,14-15,17,21H2,1-4H3/t29-,34?/m0/s1. The van der Waals surface area contributed by atoms with Crippen LogP contribution >= 0.6 is 23.2 Å². The van der Waals surface area contributed by atoms with Crippen molar-refractivity contribution in [2.24, 2.45) is 0 Å². The van der Waals surface area contributed by atoms with Crippen LogP contribution in [0.5, 0.6) is 11.5 Å². The fraction of sp³-hybridized carbons (Fsp3) is 0.353. The maximum Gasteiger partial charge on any atom is 0.271 e. The summed E-state index contributed by atoms with van der Waals surface area (Å²) in [5, 5.41) is 0.262. The van der Waals surface area contributed by atoms with Crippen LogP contribution in [0.3, 0.4) is 0 Å². The Morgan fingerprint density at radius 3 is 2.44 bits per heavy atom. The number of rotatable bonds is 12. The van der Waals surface area contributed by atoms with Crippen LogP contribution in [0.1, 0.15) is 41.5 Å². The first-order valence-electron chi connectivity index (χ1n) is 15.3. The van der Waals surface area contributed by atoms with Gasteiger partial charge in [-0.05, 0) is 74.0 Å². The van der Waals surface area contributed by atoms with Gasteiger partial charge in [-0.2, -0.15) is 0 Å². The number of methoxy groups -OCH3 is 3. The van der Waals surface area contributed by atoms with E-state index < -0.39 is 27.5 Å². The first-order chi connectivity index (χ1) is 23.1. The van der Waals surface area contributed by atoms with Gasteiger partial charge in [0.05, 0.1) is 53.7 Å². The van der Waals surface area contributed by atoms with E-state index >= 15 is 4.79 Å². The van der Waals surface area contributed by atoms with Crippen molar-refractivity contribution >= 4 is 44.8 Å². The molecule has 14 heteroatoms. The van der Waals surface area contributed by atoms with Crippen LogP contribution < -0.4 is 13.8 Å². The quantitative estimate of drug-likeness (QED) is 0.176. The molecular weight excluding hydrogens is 679 g/mol. The number of anilines is 1. The number of fused-ring (bicyclic) bond motifs is 1. The van der Waals surface area contributed by atoms with Gasteiger partial charge >= 0.3 is 0 Å². The molecule has 3 aromatic carbocycles. The second-order valence-electron chi connectivity index (χ2n) is 11.7. The highest BCUT2D eigenvalue weighted by Gasteiger charge is 2.63. The first kappa shape index (κ1) is 34.2. The molecule has 2 aliphatic heterocycles. The summed E-state index contributed by atoms with van der Waals surface area (Å²) >= 11 is 13.3. The highest BCUT2D eigenvalue weighted by atomic mass is 35.5. The molecule has 1 unspecified atom stereocenters. The lowest BCUT2D eigenvalue weighted by atomic mass is 9.80. The third kappa shape index (κ3) is 5.74. The number of halogens is 2. The highest BCUT2D eigenvalue weighted by Crippen LogP contribution is 2.57. The predicted octanol–water partition coefficient (Wildman–Crippen LogP) is 5.89. The minimum Gasteiger partial charge on any atom is -0.497 e. The van der Waals surface area contributed by atoms with Gasteiger partial charge in [0.1, 0.15) is 17.8 Å². The Labute approximate surface area is 289 Å². The number of likely N-dealkylation sites (tertiary alicyclic amines) is 1. The molecule has 0 saturated carbocycles. The number of carbonyl (C=O) groups is 1. The van der Waals surface area contributed by atoms with Gasteiger partial charge in [-0.15, -0.1) is 0 Å². The molecule has 1 amide bonds. The zero-order chi connectivity index (χ0) is 34.2. The van der Waals surface area contributed by atoms with Gasteiger partial charge in [0.25, 0.3) is 15.9 Å². The number of oxazole rings is 1. The summed E-state index contributed by atoms with van der Waals surface area (Å²) in [6.45, 7) is 2.15. The van der Waals surface area contributed by atoms with Crippen LogP contribution in [-0.2, 0) is 31.6 Å². The van der Waals surface area contributed by atoms with E-state index in [9.17, 15) is 8.42 Å². The molecule has 0 bridgehead atoms. The smallest absolute Gasteiger partial charge is 0.271 e. The molecule has 0 spiro atoms. The van der Waals surface area contributed by atoms with Crippen LogP contribution in [0, 0.1) is 0 Å². The molecular formula is C34H36Cl2N4O7S. The number of hydrogen-bond acceptors (Lipinski definition) is 10. The van der Waals surface area contributed by atoms with E-state index in [1.54, 1.807) is 25.4 Å². The van der Waals surface area contributed by atoms with Crippen molar-refractivity contribution in [2.45, 2.75) is 35.9 Å². The largest absolute Gasteiger partial charge is 0.497 e. The minimum absolute atomic E-state index is 0.0907. The van der Waals surface area contributed by atoms with Crippen LogP contribution in [0.15, 0.2) is 76.4 Å². The first-order valence-corrected chi connectivity index (χ1v) is 17.5. The minimum atomic E-state index is -4.50. The number of amides is 1. The van der Waals surface area contributed by atoms with Crippen LogP contribution in [0.4, 0.5) is 5.69 Å². The summed E-state index contributed by atoms with van der Waals surface area (Å²) in [6, 6.07) is 14.0. The summed E-state index contributed by atoms with van der Waals surface area (Å²) in [5.41, 5.74) is 0.0267. The average Bonchev–Trinajstić information content (AvgIpc) is 3.83. The third-order valence-electron chi connectivity index (χ3n) is 8.94. The molecule has 11 nitrogen and oxygen atoms in total. The number of benzene rings is 3. The van der Waals surface area contributed by atoms with E-state index in [0.29, 0.717) is 67.6 Å². The molecule has 254 valence electrons. The topological polar surface area (TPSA) is 115 Å². The Hall–Kier alpha value is -3.65. The van der Waals surface area contributed by atoms with Crippen LogP contribution in [0.2, 0.25) is 10.0 Å². The molecule has 3 heterocycles. The van der Waals surface area contributed by atoms with E-state index in [4.69, 9.17) is 41.8 Å². The number of hydrogen-bond donors (Lipinski definition) is 0. The fourth-order valence-corrected chi connectivity index (χ4v) is 8.52. The van der Waals surface area contributed by atoms with Crippen molar-refractivity contribution in [1.29, 1.82) is 0 Å². The normalized spacial score (nSPS) is 19.7. The highest BCUT2D eigenvalue weighted by molar-refractivity contribution is 7.93. The lowest BCUT2D eigenvalue weighted by molar-refractivity contribution is -0.127. The van der Waals surface area contributed by atoms with Crippen molar-refractivity contribution in [1.82, 2.24) is 14.8 Å². The molecule has 0 aliphatic carbocycles. The summed E-state index contributed by atoms with van der Waals surface area (Å²) in [5.74, 6) is 0.542. The number of sulfonamides is 1. The second kappa shape index (κ2) is 13.7. The Morgan fingerprint density at radius 2 is 1.77 bits per heavy atom. The molecule has 4 aromatic rings. The number of likely N-dealkylation sites (N-methyl/N-ethyl adjacent to an activating group) is 1. The van der Waals surface area contributed by atoms with E-state index in [1.807, 2.05) is 24.1 Å². The number of nitrogens with zero attached hydrogens (tertiary/aromatic N) is 4. The van der Waals surface area contributed by atoms with Crippen LogP contribution in [0.25, 0.3) is 0 Å². The van der Waals surface area contributed by atoms with Crippen molar-refractivity contribution < 1.29 is 31.8 Å².